The zero-order valence-corrected chi connectivity index (χ0v) is 18.9. The van der Waals surface area contributed by atoms with Crippen molar-refractivity contribution in [3.63, 3.8) is 0 Å². The first-order chi connectivity index (χ1) is 14.9. The number of anilines is 1. The molecular weight excluding hydrogens is 470 g/mol. The molecule has 1 atom stereocenters. The molecule has 174 valence electrons. The predicted molar refractivity (Wildman–Crippen MR) is 114 cm³/mol. The van der Waals surface area contributed by atoms with E-state index in [2.05, 4.69) is 14.8 Å². The van der Waals surface area contributed by atoms with Gasteiger partial charge in [0.25, 0.3) is 5.91 Å². The maximum Gasteiger partial charge on any atom is 0.387 e. The van der Waals surface area contributed by atoms with Gasteiger partial charge in [-0.25, -0.2) is 17.9 Å². The molecule has 32 heavy (non-hydrogen) atoms. The van der Waals surface area contributed by atoms with Crippen LogP contribution in [0.25, 0.3) is 0 Å². The summed E-state index contributed by atoms with van der Waals surface area (Å²) in [5.74, 6) is -1.87. The lowest BCUT2D eigenvalue weighted by Crippen LogP contribution is -2.30. The van der Waals surface area contributed by atoms with E-state index in [1.54, 1.807) is 13.8 Å². The van der Waals surface area contributed by atoms with E-state index in [9.17, 15) is 26.8 Å². The molecule has 0 saturated heterocycles. The van der Waals surface area contributed by atoms with Crippen LogP contribution in [0.2, 0.25) is 5.02 Å². The Labute approximate surface area is 188 Å². The van der Waals surface area contributed by atoms with Crippen molar-refractivity contribution in [3.05, 3.63) is 52.5 Å². The fraction of sp³-hybridized carbons (Fsp3) is 0.300. The summed E-state index contributed by atoms with van der Waals surface area (Å²) in [7, 11) is -3.79. The molecule has 1 amide bonds. The molecule has 0 aromatic heterocycles. The molecule has 2 aromatic carbocycles. The van der Waals surface area contributed by atoms with E-state index in [-0.39, 0.29) is 33.5 Å². The molecule has 0 aliphatic heterocycles. The SMILES string of the molecule is CCNS(=O)(=O)c1ccc(C)c(C(=O)OC(C)C(=O)Nc2ccc(OC(F)F)c(Cl)c2)c1. The molecule has 2 rings (SSSR count). The number of hydrogen-bond donors (Lipinski definition) is 2. The van der Waals surface area contributed by atoms with E-state index in [0.717, 1.165) is 6.07 Å². The van der Waals surface area contributed by atoms with Crippen molar-refractivity contribution in [2.45, 2.75) is 38.4 Å². The van der Waals surface area contributed by atoms with Crippen molar-refractivity contribution in [1.29, 1.82) is 0 Å². The van der Waals surface area contributed by atoms with Gasteiger partial charge in [-0.2, -0.15) is 8.78 Å². The Balaban J connectivity index is 2.11. The highest BCUT2D eigenvalue weighted by molar-refractivity contribution is 7.89. The average Bonchev–Trinajstić information content (AvgIpc) is 2.69. The van der Waals surface area contributed by atoms with Crippen molar-refractivity contribution >= 4 is 39.2 Å². The van der Waals surface area contributed by atoms with Crippen LogP contribution in [0.4, 0.5) is 14.5 Å². The van der Waals surface area contributed by atoms with Gasteiger partial charge in [0.2, 0.25) is 10.0 Å². The Bertz CT molecular complexity index is 1110. The summed E-state index contributed by atoms with van der Waals surface area (Å²) in [6.45, 7) is 1.65. The minimum absolute atomic E-state index is 0.0137. The van der Waals surface area contributed by atoms with E-state index in [4.69, 9.17) is 16.3 Å². The molecule has 0 fully saturated rings. The van der Waals surface area contributed by atoms with E-state index in [1.165, 1.54) is 37.3 Å². The highest BCUT2D eigenvalue weighted by Crippen LogP contribution is 2.29. The molecule has 2 N–H and O–H groups in total. The Kier molecular flexibility index (Phi) is 8.53. The topological polar surface area (TPSA) is 111 Å². The van der Waals surface area contributed by atoms with Crippen molar-refractivity contribution in [1.82, 2.24) is 4.72 Å². The summed E-state index contributed by atoms with van der Waals surface area (Å²) >= 11 is 5.84. The molecule has 8 nitrogen and oxygen atoms in total. The Morgan fingerprint density at radius 2 is 1.84 bits per heavy atom. The molecule has 12 heteroatoms. The minimum Gasteiger partial charge on any atom is -0.449 e. The van der Waals surface area contributed by atoms with Gasteiger partial charge in [0, 0.05) is 12.2 Å². The molecule has 0 bridgehead atoms. The summed E-state index contributed by atoms with van der Waals surface area (Å²) in [5.41, 5.74) is 0.610. The van der Waals surface area contributed by atoms with Gasteiger partial charge < -0.3 is 14.8 Å². The number of esters is 1. The van der Waals surface area contributed by atoms with E-state index in [0.29, 0.717) is 5.56 Å². The van der Waals surface area contributed by atoms with Crippen LogP contribution in [0.3, 0.4) is 0 Å². The molecular formula is C20H21ClF2N2O6S. The number of carbonyl (C=O) groups is 2. The fourth-order valence-corrected chi connectivity index (χ4v) is 3.85. The molecule has 2 aromatic rings. The van der Waals surface area contributed by atoms with Gasteiger partial charge in [-0.3, -0.25) is 4.79 Å². The number of rotatable bonds is 9. The van der Waals surface area contributed by atoms with E-state index < -0.39 is 34.6 Å². The Morgan fingerprint density at radius 3 is 2.44 bits per heavy atom. The van der Waals surface area contributed by atoms with Crippen LogP contribution in [0, 0.1) is 6.92 Å². The van der Waals surface area contributed by atoms with Crippen molar-refractivity contribution in [3.8, 4) is 5.75 Å². The normalized spacial score (nSPS) is 12.3. The van der Waals surface area contributed by atoms with E-state index in [1.807, 2.05) is 0 Å². The molecule has 0 saturated carbocycles. The number of hydrogen-bond acceptors (Lipinski definition) is 6. The smallest absolute Gasteiger partial charge is 0.387 e. The summed E-state index contributed by atoms with van der Waals surface area (Å²) in [5, 5.41) is 2.29. The molecule has 0 radical (unpaired) electrons. The highest BCUT2D eigenvalue weighted by atomic mass is 35.5. The summed E-state index contributed by atoms with van der Waals surface area (Å²) in [6, 6.07) is 7.62. The van der Waals surface area contributed by atoms with E-state index >= 15 is 0 Å². The fourth-order valence-electron chi connectivity index (χ4n) is 2.55. The van der Waals surface area contributed by atoms with Gasteiger partial charge >= 0.3 is 12.6 Å². The first kappa shape index (κ1) is 25.5. The number of carbonyl (C=O) groups excluding carboxylic acids is 2. The average molecular weight is 491 g/mol. The third-order valence-corrected chi connectivity index (χ3v) is 5.98. The van der Waals surface area contributed by atoms with Crippen molar-refractivity contribution < 1.29 is 36.3 Å². The zero-order valence-electron chi connectivity index (χ0n) is 17.3. The lowest BCUT2D eigenvalue weighted by molar-refractivity contribution is -0.123. The predicted octanol–water partition coefficient (Wildman–Crippen LogP) is 3.73. The molecule has 0 aliphatic rings. The quantitative estimate of drug-likeness (QED) is 0.518. The number of aryl methyl sites for hydroxylation is 1. The number of ether oxygens (including phenoxy) is 2. The first-order valence-corrected chi connectivity index (χ1v) is 11.2. The highest BCUT2D eigenvalue weighted by Gasteiger charge is 2.23. The Hall–Kier alpha value is -2.76. The van der Waals surface area contributed by atoms with Gasteiger partial charge in [0.1, 0.15) is 5.75 Å². The number of nitrogens with one attached hydrogen (secondary N) is 2. The van der Waals surface area contributed by atoms with Gasteiger partial charge in [-0.1, -0.05) is 24.6 Å². The first-order valence-electron chi connectivity index (χ1n) is 9.31. The van der Waals surface area contributed by atoms with Crippen LogP contribution in [-0.2, 0) is 19.6 Å². The van der Waals surface area contributed by atoms with Crippen LogP contribution in [0.15, 0.2) is 41.3 Å². The van der Waals surface area contributed by atoms with Crippen LogP contribution in [0.1, 0.15) is 29.8 Å². The molecule has 0 heterocycles. The summed E-state index contributed by atoms with van der Waals surface area (Å²) in [4.78, 5) is 24.8. The van der Waals surface area contributed by atoms with Crippen molar-refractivity contribution in [2.24, 2.45) is 0 Å². The third-order valence-electron chi connectivity index (χ3n) is 4.14. The zero-order chi connectivity index (χ0) is 24.1. The lowest BCUT2D eigenvalue weighted by Gasteiger charge is -2.16. The van der Waals surface area contributed by atoms with Crippen LogP contribution < -0.4 is 14.8 Å². The number of alkyl halides is 2. The lowest BCUT2D eigenvalue weighted by atomic mass is 10.1. The van der Waals surface area contributed by atoms with Gasteiger partial charge in [-0.15, -0.1) is 0 Å². The number of halogens is 3. The van der Waals surface area contributed by atoms with Gasteiger partial charge in [-0.05, 0) is 49.7 Å². The Morgan fingerprint density at radius 1 is 1.16 bits per heavy atom. The van der Waals surface area contributed by atoms with Crippen molar-refractivity contribution in [2.75, 3.05) is 11.9 Å². The third kappa shape index (κ3) is 6.62. The maximum atomic E-state index is 12.5. The second-order valence-corrected chi connectivity index (χ2v) is 8.71. The molecule has 1 unspecified atom stereocenters. The summed E-state index contributed by atoms with van der Waals surface area (Å²) < 4.78 is 60.7. The van der Waals surface area contributed by atoms with Crippen LogP contribution in [0.5, 0.6) is 5.75 Å². The maximum absolute atomic E-state index is 12.5. The van der Waals surface area contributed by atoms with Gasteiger partial charge in [0.05, 0.1) is 15.5 Å². The second kappa shape index (κ2) is 10.7. The molecule has 0 spiro atoms. The largest absolute Gasteiger partial charge is 0.449 e. The minimum atomic E-state index is -3.79. The monoisotopic (exact) mass is 490 g/mol. The standard InChI is InChI=1S/C20H21ClF2N2O6S/c1-4-24-32(28,29)14-7-5-11(2)15(10-14)19(27)30-12(3)18(26)25-13-6-8-17(16(21)9-13)31-20(22)23/h5-10,12,20,24H,4H2,1-3H3,(H,25,26). The summed E-state index contributed by atoms with van der Waals surface area (Å²) in [6.07, 6.45) is -1.26. The second-order valence-electron chi connectivity index (χ2n) is 6.54. The number of amides is 1. The van der Waals surface area contributed by atoms with Crippen LogP contribution >= 0.6 is 11.6 Å². The molecule has 0 aliphatic carbocycles. The number of benzene rings is 2. The number of sulfonamides is 1. The van der Waals surface area contributed by atoms with Gasteiger partial charge in [0.15, 0.2) is 6.10 Å². The van der Waals surface area contributed by atoms with Crippen LogP contribution in [-0.4, -0.2) is 39.6 Å².